The number of nitrogen functional groups attached to an aromatic ring is 1. The molecule has 0 bridgehead atoms. The summed E-state index contributed by atoms with van der Waals surface area (Å²) in [6.07, 6.45) is 8.19. The molecule has 174 valence electrons. The van der Waals surface area contributed by atoms with Crippen LogP contribution in [-0.2, 0) is 12.8 Å². The molecule has 0 saturated carbocycles. The van der Waals surface area contributed by atoms with E-state index in [0.717, 1.165) is 50.8 Å². The number of aryl methyl sites for hydroxylation is 1. The van der Waals surface area contributed by atoms with Crippen molar-refractivity contribution in [1.29, 1.82) is 0 Å². The number of nitrogens with two attached hydrogens (primary N) is 2. The van der Waals surface area contributed by atoms with E-state index in [9.17, 15) is 4.79 Å². The van der Waals surface area contributed by atoms with Gasteiger partial charge in [0.1, 0.15) is 11.6 Å². The normalized spacial score (nSPS) is 20.8. The zero-order valence-corrected chi connectivity index (χ0v) is 19.2. The van der Waals surface area contributed by atoms with Gasteiger partial charge in [-0.05, 0) is 60.3 Å². The van der Waals surface area contributed by atoms with E-state index in [1.165, 1.54) is 11.1 Å². The third-order valence-electron chi connectivity index (χ3n) is 7.86. The Morgan fingerprint density at radius 2 is 1.82 bits per heavy atom. The minimum absolute atomic E-state index is 0.0723. The molecule has 1 aromatic carbocycles. The van der Waals surface area contributed by atoms with Crippen molar-refractivity contribution in [3.05, 3.63) is 71.2 Å². The predicted octanol–water partition coefficient (Wildman–Crippen LogP) is 2.89. The number of rotatable bonds is 2. The van der Waals surface area contributed by atoms with Gasteiger partial charge >= 0.3 is 0 Å². The minimum Gasteiger partial charge on any atom is -0.382 e. The van der Waals surface area contributed by atoms with E-state index in [-0.39, 0.29) is 28.9 Å². The summed E-state index contributed by atoms with van der Waals surface area (Å²) in [4.78, 5) is 30.6. The number of amides is 1. The van der Waals surface area contributed by atoms with Gasteiger partial charge in [-0.3, -0.25) is 9.69 Å². The Hall–Kier alpha value is -3.52. The average molecular weight is 456 g/mol. The molecule has 1 unspecified atom stereocenters. The molecule has 6 rings (SSSR count). The minimum atomic E-state index is -0.247. The fraction of sp³-hybridized carbons (Fsp3) is 0.385. The fourth-order valence-electron chi connectivity index (χ4n) is 5.92. The van der Waals surface area contributed by atoms with Crippen molar-refractivity contribution in [2.75, 3.05) is 35.2 Å². The summed E-state index contributed by atoms with van der Waals surface area (Å²) < 4.78 is 0. The zero-order valence-electron chi connectivity index (χ0n) is 19.2. The van der Waals surface area contributed by atoms with E-state index in [0.29, 0.717) is 18.2 Å². The monoisotopic (exact) mass is 455 g/mol. The first-order valence-corrected chi connectivity index (χ1v) is 12.0. The summed E-state index contributed by atoms with van der Waals surface area (Å²) in [6.45, 7) is 2.28. The quantitative estimate of drug-likeness (QED) is 0.611. The van der Waals surface area contributed by atoms with Gasteiger partial charge in [0.25, 0.3) is 5.91 Å². The summed E-state index contributed by atoms with van der Waals surface area (Å²) in [5, 5.41) is 0. The van der Waals surface area contributed by atoms with Crippen molar-refractivity contribution in [3.8, 4) is 0 Å². The van der Waals surface area contributed by atoms with Gasteiger partial charge in [-0.15, -0.1) is 0 Å². The molecule has 8 nitrogen and oxygen atoms in total. The maximum absolute atomic E-state index is 13.3. The van der Waals surface area contributed by atoms with Gasteiger partial charge in [-0.25, -0.2) is 15.0 Å². The lowest BCUT2D eigenvalue weighted by molar-refractivity contribution is 0.0980. The van der Waals surface area contributed by atoms with Gasteiger partial charge < -0.3 is 16.4 Å². The molecule has 1 spiro atoms. The Labute approximate surface area is 199 Å². The molecule has 0 radical (unpaired) electrons. The number of hydrogen-bond acceptors (Lipinski definition) is 7. The Morgan fingerprint density at radius 3 is 2.62 bits per heavy atom. The molecule has 4 N–H and O–H groups in total. The predicted molar refractivity (Wildman–Crippen MR) is 132 cm³/mol. The van der Waals surface area contributed by atoms with E-state index in [1.54, 1.807) is 17.3 Å². The number of nitrogens with zero attached hydrogens (tertiary/aromatic N) is 5. The molecule has 2 aromatic heterocycles. The molecule has 8 heteroatoms. The molecular formula is C26H29N7O. The highest BCUT2D eigenvalue weighted by Gasteiger charge is 2.46. The first-order valence-electron chi connectivity index (χ1n) is 12.0. The molecule has 3 aliphatic rings. The van der Waals surface area contributed by atoms with Crippen LogP contribution in [0.5, 0.6) is 0 Å². The second-order valence-corrected chi connectivity index (χ2v) is 9.71. The molecular weight excluding hydrogens is 426 g/mol. The largest absolute Gasteiger partial charge is 0.382 e. The fourth-order valence-corrected chi connectivity index (χ4v) is 5.92. The first kappa shape index (κ1) is 21.0. The van der Waals surface area contributed by atoms with E-state index < -0.39 is 0 Å². The number of fused-ring (bicyclic) bond motifs is 2. The molecule has 3 aromatic rings. The zero-order chi connectivity index (χ0) is 23.3. The summed E-state index contributed by atoms with van der Waals surface area (Å²) in [5.41, 5.74) is 17.0. The number of piperidine rings is 1. The highest BCUT2D eigenvalue weighted by molar-refractivity contribution is 6.07. The SMILES string of the molecule is Nc1nc(N2CCC3(CC2)Cc2ccccc2C3N)cnc1C(=O)N1CCCc2cccnc21. The van der Waals surface area contributed by atoms with E-state index in [2.05, 4.69) is 44.1 Å². The summed E-state index contributed by atoms with van der Waals surface area (Å²) >= 11 is 0. The Morgan fingerprint density at radius 1 is 1.03 bits per heavy atom. The number of aromatic nitrogens is 3. The lowest BCUT2D eigenvalue weighted by atomic mass is 9.73. The Bertz CT molecular complexity index is 1250. The summed E-state index contributed by atoms with van der Waals surface area (Å²) in [5.74, 6) is 1.32. The van der Waals surface area contributed by atoms with Crippen LogP contribution in [0.15, 0.2) is 48.8 Å². The van der Waals surface area contributed by atoms with Crippen LogP contribution in [0.2, 0.25) is 0 Å². The van der Waals surface area contributed by atoms with Crippen LogP contribution in [0.25, 0.3) is 0 Å². The lowest BCUT2D eigenvalue weighted by Gasteiger charge is -2.42. The van der Waals surface area contributed by atoms with Gasteiger partial charge in [0.2, 0.25) is 0 Å². The smallest absolute Gasteiger partial charge is 0.281 e. The van der Waals surface area contributed by atoms with Crippen LogP contribution in [0, 0.1) is 5.41 Å². The Balaban J connectivity index is 1.18. The molecule has 1 fully saturated rings. The molecule has 1 amide bonds. The van der Waals surface area contributed by atoms with Gasteiger partial charge in [0.05, 0.1) is 6.20 Å². The van der Waals surface area contributed by atoms with Gasteiger partial charge in [-0.2, -0.15) is 0 Å². The highest BCUT2D eigenvalue weighted by Crippen LogP contribution is 2.50. The van der Waals surface area contributed by atoms with Crippen molar-refractivity contribution in [3.63, 3.8) is 0 Å². The molecule has 2 aliphatic heterocycles. The van der Waals surface area contributed by atoms with E-state index >= 15 is 0 Å². The second-order valence-electron chi connectivity index (χ2n) is 9.71. The third kappa shape index (κ3) is 3.32. The maximum atomic E-state index is 13.3. The Kier molecular flexibility index (Phi) is 4.99. The van der Waals surface area contributed by atoms with Crippen molar-refractivity contribution < 1.29 is 4.79 Å². The number of carbonyl (C=O) groups is 1. The van der Waals surface area contributed by atoms with Crippen molar-refractivity contribution in [1.82, 2.24) is 15.0 Å². The van der Waals surface area contributed by atoms with Crippen molar-refractivity contribution in [2.24, 2.45) is 11.1 Å². The molecule has 34 heavy (non-hydrogen) atoms. The molecule has 1 saturated heterocycles. The van der Waals surface area contributed by atoms with Crippen molar-refractivity contribution >= 4 is 23.4 Å². The number of benzene rings is 1. The average Bonchev–Trinajstić information content (AvgIpc) is 3.14. The van der Waals surface area contributed by atoms with Gasteiger partial charge in [0, 0.05) is 31.9 Å². The van der Waals surface area contributed by atoms with Gasteiger partial charge in [0.15, 0.2) is 11.5 Å². The third-order valence-corrected chi connectivity index (χ3v) is 7.86. The number of carbonyl (C=O) groups excluding carboxylic acids is 1. The lowest BCUT2D eigenvalue weighted by Crippen LogP contribution is -2.44. The summed E-state index contributed by atoms with van der Waals surface area (Å²) in [6, 6.07) is 12.5. The van der Waals surface area contributed by atoms with E-state index in [1.807, 2.05) is 12.1 Å². The number of anilines is 3. The topological polar surface area (TPSA) is 114 Å². The standard InChI is InChI=1S/C26H29N7O/c27-22-19-8-2-1-5-18(19)15-26(22)9-13-32(14-10-26)20-16-30-21(23(28)31-20)25(34)33-12-4-7-17-6-3-11-29-24(17)33/h1-3,5-6,8,11,16,22H,4,7,9-10,12-15,27H2,(H2,28,31). The maximum Gasteiger partial charge on any atom is 0.281 e. The summed E-state index contributed by atoms with van der Waals surface area (Å²) in [7, 11) is 0. The first-order chi connectivity index (χ1) is 16.6. The van der Waals surface area contributed by atoms with Crippen LogP contribution in [0.3, 0.4) is 0 Å². The van der Waals surface area contributed by atoms with Crippen LogP contribution in [0.4, 0.5) is 17.5 Å². The molecule has 1 aliphatic carbocycles. The van der Waals surface area contributed by atoms with E-state index in [4.69, 9.17) is 11.5 Å². The number of pyridine rings is 1. The van der Waals surface area contributed by atoms with Crippen LogP contribution < -0.4 is 21.3 Å². The highest BCUT2D eigenvalue weighted by atomic mass is 16.2. The molecule has 4 heterocycles. The van der Waals surface area contributed by atoms with Crippen molar-refractivity contribution in [2.45, 2.75) is 38.1 Å². The van der Waals surface area contributed by atoms with Crippen LogP contribution >= 0.6 is 0 Å². The van der Waals surface area contributed by atoms with Crippen LogP contribution in [0.1, 0.15) is 52.5 Å². The second kappa shape index (κ2) is 8.06. The molecule has 1 atom stereocenters. The van der Waals surface area contributed by atoms with Crippen LogP contribution in [-0.4, -0.2) is 40.5 Å². The number of hydrogen-bond donors (Lipinski definition) is 2. The van der Waals surface area contributed by atoms with Gasteiger partial charge in [-0.1, -0.05) is 30.3 Å².